The molecule has 4 aromatic carbocycles. The van der Waals surface area contributed by atoms with E-state index in [2.05, 4.69) is 95.4 Å². The molecule has 1 aliphatic carbocycles. The van der Waals surface area contributed by atoms with E-state index in [-0.39, 0.29) is 0 Å². The van der Waals surface area contributed by atoms with Crippen molar-refractivity contribution in [3.05, 3.63) is 102 Å². The summed E-state index contributed by atoms with van der Waals surface area (Å²) in [7, 11) is 0. The quantitative estimate of drug-likeness (QED) is 0.259. The Bertz CT molecular complexity index is 1580. The molecule has 0 unspecified atom stereocenters. The molecule has 6 aromatic rings. The van der Waals surface area contributed by atoms with Crippen molar-refractivity contribution in [2.75, 3.05) is 0 Å². The minimum atomic E-state index is 1.03. The molecule has 0 fully saturated rings. The number of fused-ring (bicyclic) bond motifs is 11. The Labute approximate surface area is 162 Å². The molecule has 0 atom stereocenters. The van der Waals surface area contributed by atoms with Gasteiger partial charge in [-0.2, -0.15) is 0 Å². The molecule has 130 valence electrons. The highest BCUT2D eigenvalue weighted by Crippen LogP contribution is 2.42. The molecule has 2 aromatic heterocycles. The third-order valence-corrected chi connectivity index (χ3v) is 6.35. The largest absolute Gasteiger partial charge is 0.309 e. The van der Waals surface area contributed by atoms with Crippen LogP contribution in [0.3, 0.4) is 0 Å². The fraction of sp³-hybridized carbons (Fsp3) is 0.0370. The Morgan fingerprint density at radius 3 is 2.21 bits per heavy atom. The summed E-state index contributed by atoms with van der Waals surface area (Å²) in [6.45, 7) is 0. The molecule has 0 saturated carbocycles. The second-order valence-electron chi connectivity index (χ2n) is 7.83. The van der Waals surface area contributed by atoms with Gasteiger partial charge in [0, 0.05) is 16.2 Å². The Balaban J connectivity index is 1.77. The van der Waals surface area contributed by atoms with Crippen molar-refractivity contribution < 1.29 is 0 Å². The van der Waals surface area contributed by atoms with Crippen LogP contribution in [0.5, 0.6) is 0 Å². The molecular formula is C27H17N. The molecule has 0 aliphatic heterocycles. The van der Waals surface area contributed by atoms with E-state index in [4.69, 9.17) is 0 Å². The maximum atomic E-state index is 2.45. The fourth-order valence-electron chi connectivity index (χ4n) is 5.13. The molecule has 7 rings (SSSR count). The molecule has 0 radical (unpaired) electrons. The van der Waals surface area contributed by atoms with Crippen molar-refractivity contribution in [1.82, 2.24) is 4.40 Å². The summed E-state index contributed by atoms with van der Waals surface area (Å²) in [5.74, 6) is 0. The van der Waals surface area contributed by atoms with Crippen LogP contribution in [-0.2, 0) is 6.42 Å². The van der Waals surface area contributed by atoms with E-state index in [9.17, 15) is 0 Å². The summed E-state index contributed by atoms with van der Waals surface area (Å²) in [4.78, 5) is 0. The van der Waals surface area contributed by atoms with Crippen molar-refractivity contribution in [2.24, 2.45) is 0 Å². The predicted molar refractivity (Wildman–Crippen MR) is 118 cm³/mol. The number of pyridine rings is 1. The summed E-state index contributed by atoms with van der Waals surface area (Å²) in [6.07, 6.45) is 1.03. The lowest BCUT2D eigenvalue weighted by molar-refractivity contribution is 1.26. The number of para-hydroxylation sites is 1. The third kappa shape index (κ3) is 1.72. The van der Waals surface area contributed by atoms with E-state index in [1.165, 1.54) is 60.3 Å². The zero-order valence-corrected chi connectivity index (χ0v) is 15.3. The van der Waals surface area contributed by atoms with Crippen molar-refractivity contribution in [3.8, 4) is 11.1 Å². The van der Waals surface area contributed by atoms with E-state index < -0.39 is 0 Å². The standard InChI is InChI=1S/C27H17N/c1-3-9-20-17(7-1)13-19-14-24-21-10-4-5-11-22(21)26-15-18-8-2-6-12-25(18)28(26)27(24)16-23(19)20/h1-12,14-16H,13H2. The highest BCUT2D eigenvalue weighted by Gasteiger charge is 2.21. The predicted octanol–water partition coefficient (Wildman–Crippen LogP) is 6.97. The maximum absolute atomic E-state index is 2.45. The van der Waals surface area contributed by atoms with Crippen molar-refractivity contribution in [3.63, 3.8) is 0 Å². The Kier molecular flexibility index (Phi) is 2.60. The van der Waals surface area contributed by atoms with Crippen LogP contribution < -0.4 is 0 Å². The van der Waals surface area contributed by atoms with Gasteiger partial charge in [0.1, 0.15) is 0 Å². The number of hydrogen-bond donors (Lipinski definition) is 0. The average Bonchev–Trinajstić information content (AvgIpc) is 3.31. The van der Waals surface area contributed by atoms with Crippen LogP contribution in [0, 0.1) is 0 Å². The molecule has 0 saturated heterocycles. The van der Waals surface area contributed by atoms with Gasteiger partial charge in [0.25, 0.3) is 0 Å². The van der Waals surface area contributed by atoms with Gasteiger partial charge in [-0.25, -0.2) is 0 Å². The number of rotatable bonds is 0. The van der Waals surface area contributed by atoms with Gasteiger partial charge < -0.3 is 4.40 Å². The summed E-state index contributed by atoms with van der Waals surface area (Å²) in [5.41, 5.74) is 9.51. The summed E-state index contributed by atoms with van der Waals surface area (Å²) in [5, 5.41) is 5.30. The maximum Gasteiger partial charge on any atom is 0.0547 e. The third-order valence-electron chi connectivity index (χ3n) is 6.35. The van der Waals surface area contributed by atoms with Gasteiger partial charge in [-0.05, 0) is 58.3 Å². The average molecular weight is 355 g/mol. The summed E-state index contributed by atoms with van der Waals surface area (Å²) >= 11 is 0. The zero-order valence-electron chi connectivity index (χ0n) is 15.3. The number of aromatic nitrogens is 1. The number of hydrogen-bond acceptors (Lipinski definition) is 0. The highest BCUT2D eigenvalue weighted by molar-refractivity contribution is 6.16. The van der Waals surface area contributed by atoms with E-state index in [0.29, 0.717) is 0 Å². The van der Waals surface area contributed by atoms with Gasteiger partial charge in [-0.15, -0.1) is 0 Å². The fourth-order valence-corrected chi connectivity index (χ4v) is 5.13. The first-order valence-electron chi connectivity index (χ1n) is 9.84. The molecule has 28 heavy (non-hydrogen) atoms. The van der Waals surface area contributed by atoms with Crippen molar-refractivity contribution in [2.45, 2.75) is 6.42 Å². The Hall–Kier alpha value is -3.58. The normalized spacial score (nSPS) is 12.9. The van der Waals surface area contributed by atoms with E-state index >= 15 is 0 Å². The van der Waals surface area contributed by atoms with Crippen LogP contribution in [0.4, 0.5) is 0 Å². The minimum Gasteiger partial charge on any atom is -0.309 e. The molecule has 0 amide bonds. The lowest BCUT2D eigenvalue weighted by Gasteiger charge is -2.12. The molecule has 2 heterocycles. The van der Waals surface area contributed by atoms with Crippen LogP contribution in [0.25, 0.3) is 49.2 Å². The van der Waals surface area contributed by atoms with Crippen LogP contribution in [0.1, 0.15) is 11.1 Å². The molecule has 0 N–H and O–H groups in total. The van der Waals surface area contributed by atoms with Gasteiger partial charge in [0.2, 0.25) is 0 Å². The topological polar surface area (TPSA) is 4.41 Å². The molecule has 0 spiro atoms. The molecule has 1 nitrogen and oxygen atoms in total. The Morgan fingerprint density at radius 2 is 1.25 bits per heavy atom. The lowest BCUT2D eigenvalue weighted by atomic mass is 9.99. The summed E-state index contributed by atoms with van der Waals surface area (Å²) in [6, 6.07) is 33.5. The molecule has 0 bridgehead atoms. The highest BCUT2D eigenvalue weighted by atomic mass is 14.9. The second-order valence-corrected chi connectivity index (χ2v) is 7.83. The van der Waals surface area contributed by atoms with E-state index in [1.807, 2.05) is 0 Å². The Morgan fingerprint density at radius 1 is 0.500 bits per heavy atom. The minimum absolute atomic E-state index is 1.03. The van der Waals surface area contributed by atoms with Gasteiger partial charge >= 0.3 is 0 Å². The molecular weight excluding hydrogens is 338 g/mol. The van der Waals surface area contributed by atoms with Gasteiger partial charge in [-0.1, -0.05) is 66.7 Å². The first-order chi connectivity index (χ1) is 13.9. The summed E-state index contributed by atoms with van der Waals surface area (Å²) < 4.78 is 2.45. The van der Waals surface area contributed by atoms with Gasteiger partial charge in [0.05, 0.1) is 16.6 Å². The second kappa shape index (κ2) is 5.02. The van der Waals surface area contributed by atoms with Crippen molar-refractivity contribution in [1.29, 1.82) is 0 Å². The van der Waals surface area contributed by atoms with Gasteiger partial charge in [-0.3, -0.25) is 0 Å². The van der Waals surface area contributed by atoms with Crippen LogP contribution in [0.15, 0.2) is 91.0 Å². The first-order valence-corrected chi connectivity index (χ1v) is 9.84. The molecule has 1 aliphatic rings. The SMILES string of the molecule is c1ccc2c(c1)Cc1cc3c4ccccc4c4cc5ccccc5n4c3cc1-2. The first kappa shape index (κ1) is 14.5. The number of nitrogens with zero attached hydrogens (tertiary/aromatic N) is 1. The monoisotopic (exact) mass is 355 g/mol. The molecule has 1 heteroatoms. The van der Waals surface area contributed by atoms with Crippen LogP contribution >= 0.6 is 0 Å². The van der Waals surface area contributed by atoms with Gasteiger partial charge in [0.15, 0.2) is 0 Å². The van der Waals surface area contributed by atoms with E-state index in [1.54, 1.807) is 0 Å². The lowest BCUT2D eigenvalue weighted by Crippen LogP contribution is -1.92. The van der Waals surface area contributed by atoms with Crippen molar-refractivity contribution >= 4 is 38.1 Å². The van der Waals surface area contributed by atoms with Crippen LogP contribution in [0.2, 0.25) is 0 Å². The smallest absolute Gasteiger partial charge is 0.0547 e. The van der Waals surface area contributed by atoms with Crippen LogP contribution in [-0.4, -0.2) is 4.40 Å². The van der Waals surface area contributed by atoms with E-state index in [0.717, 1.165) is 6.42 Å². The number of benzene rings is 4. The zero-order chi connectivity index (χ0) is 18.2.